The number of hydrogen-bond acceptors (Lipinski definition) is 0. The molecule has 0 atom stereocenters. The second kappa shape index (κ2) is 14.6. The van der Waals surface area contributed by atoms with Crippen LogP contribution < -0.4 is 0 Å². The summed E-state index contributed by atoms with van der Waals surface area (Å²) in [6.45, 7) is 4.22. The van der Waals surface area contributed by atoms with E-state index in [2.05, 4.69) is 217 Å². The summed E-state index contributed by atoms with van der Waals surface area (Å²) in [6.07, 6.45) is 25.2. The van der Waals surface area contributed by atoms with Gasteiger partial charge in [0.25, 0.3) is 0 Å². The number of rotatable bonds is 7. The molecule has 2 heterocycles. The predicted molar refractivity (Wildman–Crippen MR) is 245 cm³/mol. The van der Waals surface area contributed by atoms with Crippen LogP contribution in [0.25, 0.3) is 83.6 Å². The van der Waals surface area contributed by atoms with Gasteiger partial charge < -0.3 is 9.13 Å². The van der Waals surface area contributed by atoms with Crippen molar-refractivity contribution in [3.8, 4) is 33.6 Å². The molecule has 0 unspecified atom stereocenters. The molecule has 0 saturated heterocycles. The third-order valence-electron chi connectivity index (χ3n) is 11.7. The van der Waals surface area contributed by atoms with Crippen molar-refractivity contribution in [2.45, 2.75) is 33.1 Å². The second-order valence-electron chi connectivity index (χ2n) is 15.1. The fourth-order valence-corrected chi connectivity index (χ4v) is 8.97. The minimum absolute atomic E-state index is 0.954. The highest BCUT2D eigenvalue weighted by molar-refractivity contribution is 6.11. The lowest BCUT2D eigenvalue weighted by molar-refractivity contribution is 0.888. The molecule has 2 aliphatic rings. The van der Waals surface area contributed by atoms with Crippen LogP contribution in [0.5, 0.6) is 0 Å². The van der Waals surface area contributed by atoms with Gasteiger partial charge in [0.2, 0.25) is 0 Å². The lowest BCUT2D eigenvalue weighted by atomic mass is 9.97. The molecule has 0 amide bonds. The van der Waals surface area contributed by atoms with E-state index in [9.17, 15) is 0 Å². The highest BCUT2D eigenvalue weighted by Crippen LogP contribution is 2.40. The fraction of sp³-hybridized carbons (Fsp3) is 0.0909. The summed E-state index contributed by atoms with van der Waals surface area (Å²) in [4.78, 5) is 0. The van der Waals surface area contributed by atoms with Crippen LogP contribution in [0.4, 0.5) is 0 Å². The quantitative estimate of drug-likeness (QED) is 0.144. The van der Waals surface area contributed by atoms with Gasteiger partial charge in [-0.25, -0.2) is 0 Å². The van der Waals surface area contributed by atoms with Gasteiger partial charge in [-0.15, -0.1) is 0 Å². The first kappa shape index (κ1) is 34.6. The molecule has 6 aromatic carbocycles. The van der Waals surface area contributed by atoms with Crippen molar-refractivity contribution in [2.75, 3.05) is 0 Å². The van der Waals surface area contributed by atoms with E-state index in [0.29, 0.717) is 0 Å². The molecule has 0 N–H and O–H groups in total. The Bertz CT molecular complexity index is 3020. The SMILES string of the molecule is C/C=C\C(=C/C)c1cc(-c2ccccc2)cc(-n2c3c(c4cc(-c5ccc6c(c5)c5ccccc5n6-c5ccc(C6=CCC=CC=C6)cc5)ccc42)C=CCC3)c1. The van der Waals surface area contributed by atoms with Gasteiger partial charge in [-0.3, -0.25) is 0 Å². The van der Waals surface area contributed by atoms with Gasteiger partial charge in [-0.05, 0) is 138 Å². The van der Waals surface area contributed by atoms with Crippen molar-refractivity contribution < 1.29 is 0 Å². The van der Waals surface area contributed by atoms with Gasteiger partial charge in [0.1, 0.15) is 0 Å². The maximum Gasteiger partial charge on any atom is 0.0541 e. The van der Waals surface area contributed by atoms with Crippen LogP contribution >= 0.6 is 0 Å². The molecule has 10 rings (SSSR count). The van der Waals surface area contributed by atoms with Crippen LogP contribution in [-0.4, -0.2) is 9.13 Å². The number of benzene rings is 6. The Labute approximate surface area is 335 Å². The number of aromatic nitrogens is 2. The molecule has 0 fully saturated rings. The van der Waals surface area contributed by atoms with Gasteiger partial charge in [0, 0.05) is 38.8 Å². The van der Waals surface area contributed by atoms with E-state index in [1.165, 1.54) is 99.9 Å². The lowest BCUT2D eigenvalue weighted by Crippen LogP contribution is -2.04. The van der Waals surface area contributed by atoms with E-state index in [1.807, 2.05) is 0 Å². The molecule has 2 aliphatic carbocycles. The Hall–Kier alpha value is -6.90. The van der Waals surface area contributed by atoms with Crippen molar-refractivity contribution in [2.24, 2.45) is 0 Å². The largest absolute Gasteiger partial charge is 0.313 e. The second-order valence-corrected chi connectivity index (χ2v) is 15.1. The lowest BCUT2D eigenvalue weighted by Gasteiger charge is -2.17. The van der Waals surface area contributed by atoms with E-state index in [1.54, 1.807) is 0 Å². The highest BCUT2D eigenvalue weighted by atomic mass is 15.0. The Morgan fingerprint density at radius 1 is 0.544 bits per heavy atom. The number of hydrogen-bond donors (Lipinski definition) is 0. The molecule has 2 heteroatoms. The van der Waals surface area contributed by atoms with Crippen LogP contribution in [0, 0.1) is 0 Å². The molecule has 57 heavy (non-hydrogen) atoms. The Morgan fingerprint density at radius 2 is 1.28 bits per heavy atom. The summed E-state index contributed by atoms with van der Waals surface area (Å²) in [5.74, 6) is 0. The molecular weight excluding hydrogens is 689 g/mol. The molecule has 0 spiro atoms. The molecule has 274 valence electrons. The monoisotopic (exact) mass is 732 g/mol. The Balaban J connectivity index is 1.10. The predicted octanol–water partition coefficient (Wildman–Crippen LogP) is 14.9. The first-order valence-electron chi connectivity index (χ1n) is 20.2. The highest BCUT2D eigenvalue weighted by Gasteiger charge is 2.21. The van der Waals surface area contributed by atoms with Gasteiger partial charge in [0.05, 0.1) is 16.6 Å². The van der Waals surface area contributed by atoms with Crippen molar-refractivity contribution >= 4 is 49.9 Å². The summed E-state index contributed by atoms with van der Waals surface area (Å²) in [5, 5.41) is 3.82. The summed E-state index contributed by atoms with van der Waals surface area (Å²) in [7, 11) is 0. The van der Waals surface area contributed by atoms with Gasteiger partial charge in [-0.2, -0.15) is 0 Å². The zero-order chi connectivity index (χ0) is 38.3. The van der Waals surface area contributed by atoms with Crippen molar-refractivity contribution in [1.82, 2.24) is 9.13 Å². The normalized spacial score (nSPS) is 14.2. The summed E-state index contributed by atoms with van der Waals surface area (Å²) < 4.78 is 4.94. The van der Waals surface area contributed by atoms with Crippen LogP contribution in [0.15, 0.2) is 188 Å². The maximum atomic E-state index is 2.53. The molecule has 0 radical (unpaired) electrons. The molecule has 8 aromatic rings. The van der Waals surface area contributed by atoms with E-state index in [-0.39, 0.29) is 0 Å². The van der Waals surface area contributed by atoms with Crippen molar-refractivity contribution in [1.29, 1.82) is 0 Å². The van der Waals surface area contributed by atoms with E-state index in [0.717, 1.165) is 19.3 Å². The van der Waals surface area contributed by atoms with E-state index in [4.69, 9.17) is 0 Å². The molecule has 0 aliphatic heterocycles. The smallest absolute Gasteiger partial charge is 0.0541 e. The van der Waals surface area contributed by atoms with Crippen LogP contribution in [-0.2, 0) is 6.42 Å². The molecule has 2 aromatic heterocycles. The summed E-state index contributed by atoms with van der Waals surface area (Å²) in [6, 6.07) is 49.8. The number of para-hydroxylation sites is 1. The molecule has 0 bridgehead atoms. The third-order valence-corrected chi connectivity index (χ3v) is 11.7. The van der Waals surface area contributed by atoms with Crippen LogP contribution in [0.1, 0.15) is 49.1 Å². The topological polar surface area (TPSA) is 9.86 Å². The Kier molecular flexibility index (Phi) is 8.88. The van der Waals surface area contributed by atoms with Gasteiger partial charge >= 0.3 is 0 Å². The average molecular weight is 733 g/mol. The fourth-order valence-electron chi connectivity index (χ4n) is 8.97. The number of allylic oxidation sites excluding steroid dienone is 11. The first-order chi connectivity index (χ1) is 28.2. The number of fused-ring (bicyclic) bond motifs is 6. The van der Waals surface area contributed by atoms with E-state index < -0.39 is 0 Å². The Morgan fingerprint density at radius 3 is 2.09 bits per heavy atom. The van der Waals surface area contributed by atoms with Gasteiger partial charge in [-0.1, -0.05) is 134 Å². The van der Waals surface area contributed by atoms with Crippen LogP contribution in [0.2, 0.25) is 0 Å². The van der Waals surface area contributed by atoms with Crippen molar-refractivity contribution in [3.05, 3.63) is 211 Å². The average Bonchev–Trinajstić information content (AvgIpc) is 3.62. The van der Waals surface area contributed by atoms with Gasteiger partial charge in [0.15, 0.2) is 0 Å². The summed E-state index contributed by atoms with van der Waals surface area (Å²) >= 11 is 0. The molecule has 2 nitrogen and oxygen atoms in total. The maximum absolute atomic E-state index is 2.53. The van der Waals surface area contributed by atoms with Crippen LogP contribution in [0.3, 0.4) is 0 Å². The number of nitrogens with zero attached hydrogens (tertiary/aromatic N) is 2. The third kappa shape index (κ3) is 6.15. The van der Waals surface area contributed by atoms with Crippen molar-refractivity contribution in [3.63, 3.8) is 0 Å². The minimum Gasteiger partial charge on any atom is -0.313 e. The summed E-state index contributed by atoms with van der Waals surface area (Å²) in [5.41, 5.74) is 18.6. The zero-order valence-electron chi connectivity index (χ0n) is 32.5. The standard InChI is InChI=1S/C55H44N2/c1-3-16-38(4-2)44-33-45(40-19-10-7-11-20-40)35-47(34-44)57-53-24-15-13-22-49(53)51-37-43(28-32-55(51)57)42-27-31-54-50(36-42)48-21-12-14-23-52(48)56(54)46-29-25-41(26-30-46)39-17-8-5-6-9-18-39/h3-8,10-14,16-23,25-37H,9,15,24H2,1-2H3/b16-3-,38-4+. The zero-order valence-corrected chi connectivity index (χ0v) is 32.5. The first-order valence-corrected chi connectivity index (χ1v) is 20.2. The molecular formula is C55H44N2. The minimum atomic E-state index is 0.954. The van der Waals surface area contributed by atoms with E-state index >= 15 is 0 Å². The molecule has 0 saturated carbocycles.